The van der Waals surface area contributed by atoms with Crippen LogP contribution in [0, 0.1) is 13.8 Å². The predicted octanol–water partition coefficient (Wildman–Crippen LogP) is 3.75. The Morgan fingerprint density at radius 1 is 1.00 bits per heavy atom. The number of aryl methyl sites for hydroxylation is 2. The number of hydrogen-bond acceptors (Lipinski definition) is 6. The van der Waals surface area contributed by atoms with Crippen LogP contribution < -0.4 is 15.6 Å². The fraction of sp³-hybridized carbons (Fsp3) is 0.143. The average molecular weight is 373 g/mol. The molecule has 2 aromatic heterocycles. The lowest BCUT2D eigenvalue weighted by atomic mass is 10.1. The van der Waals surface area contributed by atoms with Gasteiger partial charge in [-0.2, -0.15) is 0 Å². The fourth-order valence-corrected chi connectivity index (χ4v) is 3.04. The Morgan fingerprint density at radius 2 is 1.79 bits per heavy atom. The van der Waals surface area contributed by atoms with Gasteiger partial charge in [-0.15, -0.1) is 0 Å². The van der Waals surface area contributed by atoms with Gasteiger partial charge in [0.15, 0.2) is 0 Å². The molecular formula is C21H19N5O2. The van der Waals surface area contributed by atoms with Gasteiger partial charge in [-0.3, -0.25) is 15.1 Å². The number of methoxy groups -OCH3 is 1. The molecule has 0 fully saturated rings. The molecule has 0 bridgehead atoms. The van der Waals surface area contributed by atoms with Gasteiger partial charge in [0.25, 0.3) is 5.56 Å². The summed E-state index contributed by atoms with van der Waals surface area (Å²) in [6, 6.07) is 14.8. The van der Waals surface area contributed by atoms with E-state index in [9.17, 15) is 4.79 Å². The molecule has 7 nitrogen and oxygen atoms in total. The second kappa shape index (κ2) is 7.11. The van der Waals surface area contributed by atoms with E-state index < -0.39 is 0 Å². The van der Waals surface area contributed by atoms with Crippen LogP contribution >= 0.6 is 0 Å². The lowest BCUT2D eigenvalue weighted by molar-refractivity contribution is 0.415. The third-order valence-corrected chi connectivity index (χ3v) is 4.48. The van der Waals surface area contributed by atoms with Crippen LogP contribution in [0.2, 0.25) is 0 Å². The van der Waals surface area contributed by atoms with Crippen molar-refractivity contribution in [2.75, 3.05) is 12.4 Å². The number of ether oxygens (including phenoxy) is 1. The highest BCUT2D eigenvalue weighted by molar-refractivity contribution is 5.84. The van der Waals surface area contributed by atoms with Crippen LogP contribution in [0.5, 0.6) is 5.75 Å². The first-order chi connectivity index (χ1) is 13.5. The van der Waals surface area contributed by atoms with Crippen LogP contribution in [-0.4, -0.2) is 27.0 Å². The number of para-hydroxylation sites is 1. The zero-order valence-corrected chi connectivity index (χ0v) is 15.8. The molecular weight excluding hydrogens is 354 g/mol. The van der Waals surface area contributed by atoms with Gasteiger partial charge in [0.1, 0.15) is 5.75 Å². The largest absolute Gasteiger partial charge is 0.497 e. The van der Waals surface area contributed by atoms with Crippen molar-refractivity contribution in [3.8, 4) is 17.0 Å². The SMILES string of the molecule is COc1ccc(-c2cc(=O)[nH]c(Nc3nc(C)c4cccc(C)c4n3)n2)cc1. The summed E-state index contributed by atoms with van der Waals surface area (Å²) in [6.07, 6.45) is 0. The van der Waals surface area contributed by atoms with Crippen molar-refractivity contribution >= 4 is 22.8 Å². The number of hydrogen-bond donors (Lipinski definition) is 2. The first-order valence-electron chi connectivity index (χ1n) is 8.80. The Kier molecular flexibility index (Phi) is 4.49. The van der Waals surface area contributed by atoms with E-state index in [0.29, 0.717) is 11.6 Å². The van der Waals surface area contributed by atoms with Crippen molar-refractivity contribution < 1.29 is 4.74 Å². The van der Waals surface area contributed by atoms with E-state index in [2.05, 4.69) is 25.3 Å². The molecule has 0 aliphatic rings. The van der Waals surface area contributed by atoms with Crippen LogP contribution in [0.1, 0.15) is 11.3 Å². The van der Waals surface area contributed by atoms with E-state index in [1.54, 1.807) is 7.11 Å². The standard InChI is InChI=1S/C21H19N5O2/c1-12-5-4-6-16-13(2)22-20(25-19(12)16)26-21-23-17(11-18(27)24-21)14-7-9-15(28-3)10-8-14/h4-11H,1-3H3,(H2,22,23,24,25,26,27). The number of fused-ring (bicyclic) bond motifs is 1. The van der Waals surface area contributed by atoms with Gasteiger partial charge in [-0.05, 0) is 43.7 Å². The quantitative estimate of drug-likeness (QED) is 0.566. The highest BCUT2D eigenvalue weighted by atomic mass is 16.5. The molecule has 0 spiro atoms. The van der Waals surface area contributed by atoms with E-state index in [4.69, 9.17) is 4.74 Å². The van der Waals surface area contributed by atoms with Crippen molar-refractivity contribution in [2.24, 2.45) is 0 Å². The second-order valence-corrected chi connectivity index (χ2v) is 6.44. The highest BCUT2D eigenvalue weighted by Gasteiger charge is 2.09. The average Bonchev–Trinajstić information content (AvgIpc) is 2.68. The maximum Gasteiger partial charge on any atom is 0.252 e. The number of H-pyrrole nitrogens is 1. The first-order valence-corrected chi connectivity index (χ1v) is 8.80. The number of nitrogens with one attached hydrogen (secondary N) is 2. The monoisotopic (exact) mass is 373 g/mol. The maximum atomic E-state index is 12.1. The molecule has 0 radical (unpaired) electrons. The molecule has 2 N–H and O–H groups in total. The lowest BCUT2D eigenvalue weighted by Gasteiger charge is -2.10. The minimum Gasteiger partial charge on any atom is -0.497 e. The summed E-state index contributed by atoms with van der Waals surface area (Å²) in [4.78, 5) is 28.4. The maximum absolute atomic E-state index is 12.1. The van der Waals surface area contributed by atoms with Crippen molar-refractivity contribution in [1.82, 2.24) is 19.9 Å². The Bertz CT molecular complexity index is 1220. The zero-order valence-electron chi connectivity index (χ0n) is 15.8. The predicted molar refractivity (Wildman–Crippen MR) is 109 cm³/mol. The summed E-state index contributed by atoms with van der Waals surface area (Å²) in [6.45, 7) is 3.93. The molecule has 0 atom stereocenters. The van der Waals surface area contributed by atoms with Crippen LogP contribution in [0.15, 0.2) is 53.3 Å². The summed E-state index contributed by atoms with van der Waals surface area (Å²) in [7, 11) is 1.61. The Labute approximate surface area is 161 Å². The number of aromatic amines is 1. The zero-order chi connectivity index (χ0) is 19.7. The van der Waals surface area contributed by atoms with Crippen molar-refractivity contribution in [3.63, 3.8) is 0 Å². The summed E-state index contributed by atoms with van der Waals surface area (Å²) in [5.74, 6) is 1.40. The molecule has 0 unspecified atom stereocenters. The smallest absolute Gasteiger partial charge is 0.252 e. The Balaban J connectivity index is 1.72. The van der Waals surface area contributed by atoms with Crippen molar-refractivity contribution in [3.05, 3.63) is 70.1 Å². The van der Waals surface area contributed by atoms with E-state index in [-0.39, 0.29) is 11.5 Å². The molecule has 0 aliphatic heterocycles. The molecule has 2 heterocycles. The van der Waals surface area contributed by atoms with Gasteiger partial charge in [-0.1, -0.05) is 18.2 Å². The molecule has 0 saturated heterocycles. The number of anilines is 2. The minimum atomic E-state index is -0.267. The number of nitrogens with zero attached hydrogens (tertiary/aromatic N) is 3. The Hall–Kier alpha value is -3.74. The molecule has 0 aliphatic carbocycles. The molecule has 0 amide bonds. The van der Waals surface area contributed by atoms with Crippen molar-refractivity contribution in [1.29, 1.82) is 0 Å². The van der Waals surface area contributed by atoms with Gasteiger partial charge in [0.2, 0.25) is 11.9 Å². The third-order valence-electron chi connectivity index (χ3n) is 4.48. The second-order valence-electron chi connectivity index (χ2n) is 6.44. The molecule has 7 heteroatoms. The van der Waals surface area contributed by atoms with Crippen LogP contribution in [0.4, 0.5) is 11.9 Å². The van der Waals surface area contributed by atoms with Crippen molar-refractivity contribution in [2.45, 2.75) is 13.8 Å². The lowest BCUT2D eigenvalue weighted by Crippen LogP contribution is -2.12. The third kappa shape index (κ3) is 3.42. The van der Waals surface area contributed by atoms with Gasteiger partial charge in [0, 0.05) is 17.0 Å². The van der Waals surface area contributed by atoms with Gasteiger partial charge < -0.3 is 4.74 Å². The van der Waals surface area contributed by atoms with Gasteiger partial charge in [-0.25, -0.2) is 15.0 Å². The van der Waals surface area contributed by atoms with Crippen LogP contribution in [0.25, 0.3) is 22.2 Å². The molecule has 0 saturated carbocycles. The summed E-state index contributed by atoms with van der Waals surface area (Å²) < 4.78 is 5.17. The van der Waals surface area contributed by atoms with E-state index in [0.717, 1.165) is 33.5 Å². The molecule has 28 heavy (non-hydrogen) atoms. The topological polar surface area (TPSA) is 92.8 Å². The molecule has 2 aromatic carbocycles. The number of aromatic nitrogens is 4. The van der Waals surface area contributed by atoms with Gasteiger partial charge in [0.05, 0.1) is 24.0 Å². The van der Waals surface area contributed by atoms with Gasteiger partial charge >= 0.3 is 0 Å². The van der Waals surface area contributed by atoms with E-state index in [1.165, 1.54) is 6.07 Å². The number of benzene rings is 2. The molecule has 4 rings (SSSR count). The summed E-state index contributed by atoms with van der Waals surface area (Å²) >= 11 is 0. The molecule has 140 valence electrons. The molecule has 4 aromatic rings. The highest BCUT2D eigenvalue weighted by Crippen LogP contribution is 2.23. The first kappa shape index (κ1) is 17.7. The summed E-state index contributed by atoms with van der Waals surface area (Å²) in [5.41, 5.74) is 3.86. The summed E-state index contributed by atoms with van der Waals surface area (Å²) in [5, 5.41) is 4.02. The Morgan fingerprint density at radius 3 is 2.54 bits per heavy atom. The van der Waals surface area contributed by atoms with E-state index in [1.807, 2.05) is 56.3 Å². The van der Waals surface area contributed by atoms with E-state index >= 15 is 0 Å². The van der Waals surface area contributed by atoms with Crippen LogP contribution in [0.3, 0.4) is 0 Å². The normalized spacial score (nSPS) is 10.8. The minimum absolute atomic E-state index is 0.267. The van der Waals surface area contributed by atoms with Crippen LogP contribution in [-0.2, 0) is 0 Å². The fourth-order valence-electron chi connectivity index (χ4n) is 3.04. The number of rotatable bonds is 4.